The highest BCUT2D eigenvalue weighted by Gasteiger charge is 2.36. The van der Waals surface area contributed by atoms with Crippen LogP contribution in [-0.4, -0.2) is 29.6 Å². The lowest BCUT2D eigenvalue weighted by Gasteiger charge is -2.22. The molecule has 1 heterocycles. The highest BCUT2D eigenvalue weighted by molar-refractivity contribution is 5.84. The van der Waals surface area contributed by atoms with Crippen LogP contribution in [0, 0.1) is 5.92 Å². The summed E-state index contributed by atoms with van der Waals surface area (Å²) in [5.74, 6) is 1.30. The molecular formula is C13H24N2O. The highest BCUT2D eigenvalue weighted by Crippen LogP contribution is 2.33. The number of nitrogens with one attached hydrogen (secondary N) is 1. The summed E-state index contributed by atoms with van der Waals surface area (Å²) in [7, 11) is 0. The molecule has 1 saturated carbocycles. The third kappa shape index (κ3) is 2.57. The summed E-state index contributed by atoms with van der Waals surface area (Å²) in [6, 6.07) is 0.0749. The first-order chi connectivity index (χ1) is 7.76. The minimum Gasteiger partial charge on any atom is -0.326 e. The molecule has 2 rings (SSSR count). The summed E-state index contributed by atoms with van der Waals surface area (Å²) in [6.45, 7) is 5.18. The van der Waals surface area contributed by atoms with E-state index in [1.807, 2.05) is 0 Å². The fourth-order valence-corrected chi connectivity index (χ4v) is 2.60. The van der Waals surface area contributed by atoms with E-state index in [0.29, 0.717) is 5.91 Å². The molecule has 3 nitrogen and oxygen atoms in total. The Hall–Kier alpha value is -0.570. The van der Waals surface area contributed by atoms with Crippen LogP contribution in [-0.2, 0) is 4.79 Å². The van der Waals surface area contributed by atoms with Gasteiger partial charge in [-0.05, 0) is 31.6 Å². The van der Waals surface area contributed by atoms with Gasteiger partial charge >= 0.3 is 0 Å². The van der Waals surface area contributed by atoms with E-state index in [2.05, 4.69) is 24.1 Å². The highest BCUT2D eigenvalue weighted by atomic mass is 16.2. The maximum atomic E-state index is 12.1. The first-order valence-electron chi connectivity index (χ1n) is 6.82. The van der Waals surface area contributed by atoms with Crippen molar-refractivity contribution in [2.45, 2.75) is 64.6 Å². The second-order valence-corrected chi connectivity index (χ2v) is 5.17. The van der Waals surface area contributed by atoms with Gasteiger partial charge in [-0.1, -0.05) is 26.7 Å². The fourth-order valence-electron chi connectivity index (χ4n) is 2.60. The minimum atomic E-state index is 0.0749. The third-order valence-electron chi connectivity index (χ3n) is 3.85. The van der Waals surface area contributed by atoms with Gasteiger partial charge in [0, 0.05) is 6.54 Å². The quantitative estimate of drug-likeness (QED) is 0.749. The largest absolute Gasteiger partial charge is 0.326 e. The number of rotatable bonds is 6. The van der Waals surface area contributed by atoms with Crippen molar-refractivity contribution >= 4 is 5.91 Å². The van der Waals surface area contributed by atoms with Crippen LogP contribution < -0.4 is 5.32 Å². The molecule has 0 bridgehead atoms. The third-order valence-corrected chi connectivity index (χ3v) is 3.85. The Kier molecular flexibility index (Phi) is 3.85. The van der Waals surface area contributed by atoms with Gasteiger partial charge in [-0.15, -0.1) is 0 Å². The van der Waals surface area contributed by atoms with E-state index >= 15 is 0 Å². The van der Waals surface area contributed by atoms with Crippen LogP contribution in [0.3, 0.4) is 0 Å². The number of carbonyl (C=O) groups excluding carboxylic acids is 1. The molecule has 2 unspecified atom stereocenters. The summed E-state index contributed by atoms with van der Waals surface area (Å²) >= 11 is 0. The summed E-state index contributed by atoms with van der Waals surface area (Å²) in [4.78, 5) is 14.1. The standard InChI is InChI=1S/C13H24N2O/c1-3-11-13(16)15(12(4-2)14-11)9-5-6-10-7-8-10/h10-12,14H,3-9H2,1-2H3. The Morgan fingerprint density at radius 2 is 2.06 bits per heavy atom. The van der Waals surface area contributed by atoms with Crippen LogP contribution in [0.1, 0.15) is 52.4 Å². The first-order valence-corrected chi connectivity index (χ1v) is 6.82. The molecule has 0 aromatic rings. The van der Waals surface area contributed by atoms with Crippen molar-refractivity contribution in [1.82, 2.24) is 10.2 Å². The van der Waals surface area contributed by atoms with E-state index in [9.17, 15) is 4.79 Å². The van der Waals surface area contributed by atoms with E-state index in [1.165, 1.54) is 25.7 Å². The Labute approximate surface area is 98.6 Å². The van der Waals surface area contributed by atoms with E-state index in [4.69, 9.17) is 0 Å². The van der Waals surface area contributed by atoms with E-state index < -0.39 is 0 Å². The monoisotopic (exact) mass is 224 g/mol. The molecule has 92 valence electrons. The average Bonchev–Trinajstić information content (AvgIpc) is 3.05. The lowest BCUT2D eigenvalue weighted by molar-refractivity contribution is -0.130. The van der Waals surface area contributed by atoms with Gasteiger partial charge in [0.1, 0.15) is 0 Å². The van der Waals surface area contributed by atoms with Crippen LogP contribution in [0.4, 0.5) is 0 Å². The lowest BCUT2D eigenvalue weighted by atomic mass is 10.2. The normalized spacial score (nSPS) is 30.1. The van der Waals surface area contributed by atoms with Crippen LogP contribution in [0.25, 0.3) is 0 Å². The van der Waals surface area contributed by atoms with Crippen molar-refractivity contribution in [2.24, 2.45) is 5.92 Å². The van der Waals surface area contributed by atoms with Crippen LogP contribution >= 0.6 is 0 Å². The van der Waals surface area contributed by atoms with Gasteiger partial charge in [-0.2, -0.15) is 0 Å². The zero-order chi connectivity index (χ0) is 11.5. The number of hydrogen-bond donors (Lipinski definition) is 1. The topological polar surface area (TPSA) is 32.3 Å². The summed E-state index contributed by atoms with van der Waals surface area (Å²) in [5, 5.41) is 3.42. The second kappa shape index (κ2) is 5.17. The van der Waals surface area contributed by atoms with Crippen LogP contribution in [0.5, 0.6) is 0 Å². The first kappa shape index (κ1) is 11.9. The Morgan fingerprint density at radius 3 is 2.62 bits per heavy atom. The van der Waals surface area contributed by atoms with Gasteiger partial charge in [0.25, 0.3) is 0 Å². The molecule has 2 fully saturated rings. The molecule has 2 aliphatic rings. The maximum absolute atomic E-state index is 12.1. The van der Waals surface area contributed by atoms with Crippen molar-refractivity contribution in [1.29, 1.82) is 0 Å². The van der Waals surface area contributed by atoms with Gasteiger partial charge in [-0.3, -0.25) is 10.1 Å². The van der Waals surface area contributed by atoms with E-state index in [0.717, 1.165) is 25.3 Å². The summed E-state index contributed by atoms with van der Waals surface area (Å²) < 4.78 is 0. The Balaban J connectivity index is 1.81. The predicted octanol–water partition coefficient (Wildman–Crippen LogP) is 2.12. The summed E-state index contributed by atoms with van der Waals surface area (Å²) in [6.07, 6.45) is 7.56. The molecule has 0 radical (unpaired) electrons. The van der Waals surface area contributed by atoms with Gasteiger partial charge in [0.15, 0.2) is 0 Å². The molecule has 1 saturated heterocycles. The van der Waals surface area contributed by atoms with Crippen LogP contribution in [0.2, 0.25) is 0 Å². The van der Waals surface area contributed by atoms with E-state index in [1.54, 1.807) is 0 Å². The molecule has 2 atom stereocenters. The summed E-state index contributed by atoms with van der Waals surface area (Å²) in [5.41, 5.74) is 0. The van der Waals surface area contributed by atoms with Crippen LogP contribution in [0.15, 0.2) is 0 Å². The van der Waals surface area contributed by atoms with Gasteiger partial charge in [-0.25, -0.2) is 0 Å². The SMILES string of the molecule is CCC1NC(CC)N(CCCC2CC2)C1=O. The van der Waals surface area contributed by atoms with Gasteiger partial charge < -0.3 is 4.90 Å². The zero-order valence-electron chi connectivity index (χ0n) is 10.5. The van der Waals surface area contributed by atoms with Crippen molar-refractivity contribution in [3.8, 4) is 0 Å². The smallest absolute Gasteiger partial charge is 0.241 e. The maximum Gasteiger partial charge on any atom is 0.241 e. The van der Waals surface area contributed by atoms with Crippen molar-refractivity contribution < 1.29 is 4.79 Å². The molecule has 0 aromatic carbocycles. The number of hydrogen-bond acceptors (Lipinski definition) is 2. The van der Waals surface area contributed by atoms with Crippen molar-refractivity contribution in [3.05, 3.63) is 0 Å². The number of amides is 1. The lowest BCUT2D eigenvalue weighted by Crippen LogP contribution is -2.37. The van der Waals surface area contributed by atoms with E-state index in [-0.39, 0.29) is 12.2 Å². The number of nitrogens with zero attached hydrogens (tertiary/aromatic N) is 1. The molecule has 3 heteroatoms. The Morgan fingerprint density at radius 1 is 1.31 bits per heavy atom. The second-order valence-electron chi connectivity index (χ2n) is 5.17. The Bertz CT molecular complexity index is 250. The molecule has 0 aromatic heterocycles. The average molecular weight is 224 g/mol. The molecule has 16 heavy (non-hydrogen) atoms. The van der Waals surface area contributed by atoms with Crippen molar-refractivity contribution in [3.63, 3.8) is 0 Å². The van der Waals surface area contributed by atoms with Gasteiger partial charge in [0.2, 0.25) is 5.91 Å². The molecule has 1 aliphatic carbocycles. The molecule has 1 amide bonds. The number of carbonyl (C=O) groups is 1. The zero-order valence-corrected chi connectivity index (χ0v) is 10.5. The molecular weight excluding hydrogens is 200 g/mol. The predicted molar refractivity (Wildman–Crippen MR) is 65.0 cm³/mol. The molecule has 0 spiro atoms. The van der Waals surface area contributed by atoms with Crippen molar-refractivity contribution in [2.75, 3.05) is 6.54 Å². The van der Waals surface area contributed by atoms with Gasteiger partial charge in [0.05, 0.1) is 12.2 Å². The molecule has 1 N–H and O–H groups in total. The fraction of sp³-hybridized carbons (Fsp3) is 0.923. The minimum absolute atomic E-state index is 0.0749. The molecule has 1 aliphatic heterocycles.